The zero-order valence-corrected chi connectivity index (χ0v) is 17.3. The number of anilines is 1. The number of benzene rings is 1. The normalized spacial score (nSPS) is 15.1. The van der Waals surface area contributed by atoms with Gasteiger partial charge in [-0.1, -0.05) is 0 Å². The Morgan fingerprint density at radius 1 is 1.06 bits per heavy atom. The summed E-state index contributed by atoms with van der Waals surface area (Å²) in [6, 6.07) is 9.30. The predicted octanol–water partition coefficient (Wildman–Crippen LogP) is 2.38. The SMILES string of the molecule is O=C(Nc1cccnc1-n1cccn1)N1CCC(NS(=O)(=O)c2ccc(F)cc2)CC1. The standard InChI is InChI=1S/C20H21FN6O3S/c21-15-4-6-17(7-5-15)31(29,30)25-16-8-13-26(14-9-16)20(28)24-18-3-1-10-22-19(18)27-12-2-11-23-27/h1-7,10-12,16,25H,8-9,13-14H2,(H,24,28). The summed E-state index contributed by atoms with van der Waals surface area (Å²) in [5.41, 5.74) is 0.523. The number of amides is 2. The molecule has 31 heavy (non-hydrogen) atoms. The molecule has 2 amide bonds. The van der Waals surface area contributed by atoms with Gasteiger partial charge in [-0.2, -0.15) is 5.10 Å². The molecule has 1 saturated heterocycles. The number of piperidine rings is 1. The molecule has 162 valence electrons. The number of pyridine rings is 1. The number of likely N-dealkylation sites (tertiary alicyclic amines) is 1. The fourth-order valence-corrected chi connectivity index (χ4v) is 4.67. The first-order valence-electron chi connectivity index (χ1n) is 9.71. The number of carbonyl (C=O) groups is 1. The molecule has 1 fully saturated rings. The summed E-state index contributed by atoms with van der Waals surface area (Å²) in [5, 5.41) is 7.00. The molecule has 2 aromatic heterocycles. The first-order valence-corrected chi connectivity index (χ1v) is 11.2. The minimum Gasteiger partial charge on any atom is -0.324 e. The van der Waals surface area contributed by atoms with Crippen LogP contribution in [0.3, 0.4) is 0 Å². The second-order valence-electron chi connectivity index (χ2n) is 7.09. The molecular formula is C20H21FN6O3S. The predicted molar refractivity (Wildman–Crippen MR) is 112 cm³/mol. The van der Waals surface area contributed by atoms with Crippen molar-refractivity contribution in [3.8, 4) is 5.82 Å². The summed E-state index contributed by atoms with van der Waals surface area (Å²) >= 11 is 0. The van der Waals surface area contributed by atoms with Crippen molar-refractivity contribution in [3.63, 3.8) is 0 Å². The third-order valence-corrected chi connectivity index (χ3v) is 6.51. The highest BCUT2D eigenvalue weighted by molar-refractivity contribution is 7.89. The van der Waals surface area contributed by atoms with Crippen molar-refractivity contribution in [3.05, 3.63) is 66.9 Å². The van der Waals surface area contributed by atoms with E-state index >= 15 is 0 Å². The molecule has 0 spiro atoms. The number of hydrogen-bond donors (Lipinski definition) is 2. The molecule has 0 unspecified atom stereocenters. The average molecular weight is 444 g/mol. The number of nitrogens with zero attached hydrogens (tertiary/aromatic N) is 4. The molecule has 3 aromatic rings. The van der Waals surface area contributed by atoms with Crippen LogP contribution in [0, 0.1) is 5.82 Å². The number of hydrogen-bond acceptors (Lipinski definition) is 5. The van der Waals surface area contributed by atoms with Gasteiger partial charge in [0.15, 0.2) is 5.82 Å². The van der Waals surface area contributed by atoms with Crippen LogP contribution < -0.4 is 10.0 Å². The molecule has 0 bridgehead atoms. The minimum absolute atomic E-state index is 0.0109. The molecule has 0 atom stereocenters. The van der Waals surface area contributed by atoms with Gasteiger partial charge in [0.2, 0.25) is 10.0 Å². The summed E-state index contributed by atoms with van der Waals surface area (Å²) in [4.78, 5) is 18.6. The van der Waals surface area contributed by atoms with Crippen molar-refractivity contribution in [1.29, 1.82) is 0 Å². The Hall–Kier alpha value is -3.31. The molecule has 0 saturated carbocycles. The molecular weight excluding hydrogens is 423 g/mol. The molecule has 11 heteroatoms. The largest absolute Gasteiger partial charge is 0.324 e. The first-order chi connectivity index (χ1) is 14.9. The number of rotatable bonds is 5. The van der Waals surface area contributed by atoms with Crippen LogP contribution in [0.5, 0.6) is 0 Å². The topological polar surface area (TPSA) is 109 Å². The van der Waals surface area contributed by atoms with Crippen LogP contribution in [0.1, 0.15) is 12.8 Å². The van der Waals surface area contributed by atoms with E-state index in [-0.39, 0.29) is 17.0 Å². The van der Waals surface area contributed by atoms with Gasteiger partial charge in [0.05, 0.1) is 10.6 Å². The van der Waals surface area contributed by atoms with Gasteiger partial charge in [0.1, 0.15) is 5.82 Å². The van der Waals surface area contributed by atoms with E-state index in [1.54, 1.807) is 46.4 Å². The Bertz CT molecular complexity index is 1140. The zero-order chi connectivity index (χ0) is 21.8. The van der Waals surface area contributed by atoms with E-state index < -0.39 is 15.8 Å². The number of carbonyl (C=O) groups excluding carboxylic acids is 1. The van der Waals surface area contributed by atoms with E-state index in [0.717, 1.165) is 12.1 Å². The Labute approximate surface area is 179 Å². The molecule has 0 radical (unpaired) electrons. The maximum absolute atomic E-state index is 13.0. The van der Waals surface area contributed by atoms with Crippen LogP contribution in [-0.4, -0.2) is 53.2 Å². The van der Waals surface area contributed by atoms with E-state index in [2.05, 4.69) is 20.1 Å². The lowest BCUT2D eigenvalue weighted by molar-refractivity contribution is 0.193. The van der Waals surface area contributed by atoms with Crippen LogP contribution in [0.2, 0.25) is 0 Å². The van der Waals surface area contributed by atoms with Crippen molar-refractivity contribution in [2.75, 3.05) is 18.4 Å². The van der Waals surface area contributed by atoms with Crippen molar-refractivity contribution < 1.29 is 17.6 Å². The lowest BCUT2D eigenvalue weighted by atomic mass is 10.1. The second-order valence-corrected chi connectivity index (χ2v) is 8.81. The summed E-state index contributed by atoms with van der Waals surface area (Å²) in [6.07, 6.45) is 5.90. The van der Waals surface area contributed by atoms with Gasteiger partial charge in [-0.15, -0.1) is 0 Å². The van der Waals surface area contributed by atoms with E-state index in [4.69, 9.17) is 0 Å². The highest BCUT2D eigenvalue weighted by Crippen LogP contribution is 2.19. The molecule has 1 aromatic carbocycles. The lowest BCUT2D eigenvalue weighted by Crippen LogP contribution is -2.47. The molecule has 1 aliphatic rings. The number of aromatic nitrogens is 3. The number of sulfonamides is 1. The van der Waals surface area contributed by atoms with Crippen LogP contribution >= 0.6 is 0 Å². The Morgan fingerprint density at radius 2 is 1.81 bits per heavy atom. The van der Waals surface area contributed by atoms with Crippen LogP contribution in [-0.2, 0) is 10.0 Å². The Balaban J connectivity index is 1.35. The molecule has 0 aliphatic carbocycles. The maximum Gasteiger partial charge on any atom is 0.321 e. The average Bonchev–Trinajstić information content (AvgIpc) is 3.29. The summed E-state index contributed by atoms with van der Waals surface area (Å²) in [6.45, 7) is 0.777. The fraction of sp³-hybridized carbons (Fsp3) is 0.250. The van der Waals surface area contributed by atoms with Gasteiger partial charge in [-0.05, 0) is 55.3 Å². The number of halogens is 1. The first kappa shape index (κ1) is 20.9. The van der Waals surface area contributed by atoms with Crippen molar-refractivity contribution >= 4 is 21.7 Å². The van der Waals surface area contributed by atoms with E-state index in [1.165, 1.54) is 12.1 Å². The Morgan fingerprint density at radius 3 is 2.48 bits per heavy atom. The molecule has 4 rings (SSSR count). The number of urea groups is 1. The highest BCUT2D eigenvalue weighted by Gasteiger charge is 2.27. The molecule has 3 heterocycles. The van der Waals surface area contributed by atoms with E-state index in [9.17, 15) is 17.6 Å². The quantitative estimate of drug-likeness (QED) is 0.628. The van der Waals surface area contributed by atoms with Gasteiger partial charge in [0.25, 0.3) is 0 Å². The summed E-state index contributed by atoms with van der Waals surface area (Å²) in [7, 11) is -3.75. The van der Waals surface area contributed by atoms with E-state index in [1.807, 2.05) is 0 Å². The van der Waals surface area contributed by atoms with Crippen LogP contribution in [0.15, 0.2) is 66.0 Å². The van der Waals surface area contributed by atoms with Crippen LogP contribution in [0.25, 0.3) is 5.82 Å². The fourth-order valence-electron chi connectivity index (χ4n) is 3.37. The van der Waals surface area contributed by atoms with E-state index in [0.29, 0.717) is 37.4 Å². The van der Waals surface area contributed by atoms with Crippen molar-refractivity contribution in [1.82, 2.24) is 24.4 Å². The van der Waals surface area contributed by atoms with Crippen molar-refractivity contribution in [2.24, 2.45) is 0 Å². The minimum atomic E-state index is -3.75. The monoisotopic (exact) mass is 444 g/mol. The molecule has 1 aliphatic heterocycles. The number of nitrogens with one attached hydrogen (secondary N) is 2. The maximum atomic E-state index is 13.0. The Kier molecular flexibility index (Phi) is 5.96. The smallest absolute Gasteiger partial charge is 0.321 e. The lowest BCUT2D eigenvalue weighted by Gasteiger charge is -2.32. The highest BCUT2D eigenvalue weighted by atomic mass is 32.2. The van der Waals surface area contributed by atoms with Gasteiger partial charge in [-0.3, -0.25) is 0 Å². The summed E-state index contributed by atoms with van der Waals surface area (Å²) in [5.74, 6) is 0.00500. The van der Waals surface area contributed by atoms with Gasteiger partial charge >= 0.3 is 6.03 Å². The van der Waals surface area contributed by atoms with Crippen molar-refractivity contribution in [2.45, 2.75) is 23.8 Å². The third kappa shape index (κ3) is 4.89. The van der Waals surface area contributed by atoms with Gasteiger partial charge in [-0.25, -0.2) is 32.0 Å². The van der Waals surface area contributed by atoms with Crippen LogP contribution in [0.4, 0.5) is 14.9 Å². The molecule has 9 nitrogen and oxygen atoms in total. The molecule has 2 N–H and O–H groups in total. The third-order valence-electron chi connectivity index (χ3n) is 4.98. The van der Waals surface area contributed by atoms with Gasteiger partial charge in [0, 0.05) is 37.7 Å². The summed E-state index contributed by atoms with van der Waals surface area (Å²) < 4.78 is 42.2. The zero-order valence-electron chi connectivity index (χ0n) is 16.5. The second kappa shape index (κ2) is 8.82. The van der Waals surface area contributed by atoms with Gasteiger partial charge < -0.3 is 10.2 Å².